The zero-order valence-corrected chi connectivity index (χ0v) is 6.99. The minimum absolute atomic E-state index is 0.503. The van der Waals surface area contributed by atoms with E-state index < -0.39 is 0 Å². The summed E-state index contributed by atoms with van der Waals surface area (Å²) in [7, 11) is 0. The number of hydrogen-bond acceptors (Lipinski definition) is 0. The lowest BCUT2D eigenvalue weighted by Gasteiger charge is -2.20. The third-order valence-corrected chi connectivity index (χ3v) is 2.14. The van der Waals surface area contributed by atoms with Crippen molar-refractivity contribution in [3.05, 3.63) is 6.42 Å². The highest BCUT2D eigenvalue weighted by Gasteiger charge is 2.36. The van der Waals surface area contributed by atoms with E-state index in [4.69, 9.17) is 0 Å². The summed E-state index contributed by atoms with van der Waals surface area (Å²) >= 11 is 0. The van der Waals surface area contributed by atoms with Crippen LogP contribution < -0.4 is 0 Å². The molecule has 0 unspecified atom stereocenters. The second-order valence-electron chi connectivity index (χ2n) is 4.74. The quantitative estimate of drug-likeness (QED) is 0.467. The SMILES string of the molecule is CC1(C)[CH]CC(C)(C)C1. The number of hydrogen-bond donors (Lipinski definition) is 0. The average Bonchev–Trinajstić information content (AvgIpc) is 1.78. The van der Waals surface area contributed by atoms with Gasteiger partial charge in [0.15, 0.2) is 0 Å². The third kappa shape index (κ3) is 1.70. The van der Waals surface area contributed by atoms with E-state index >= 15 is 0 Å². The van der Waals surface area contributed by atoms with Crippen LogP contribution in [-0.4, -0.2) is 0 Å². The van der Waals surface area contributed by atoms with Gasteiger partial charge in [-0.3, -0.25) is 0 Å². The predicted molar refractivity (Wildman–Crippen MR) is 41.1 cm³/mol. The van der Waals surface area contributed by atoms with Crippen molar-refractivity contribution in [2.75, 3.05) is 0 Å². The fraction of sp³-hybridized carbons (Fsp3) is 0.889. The summed E-state index contributed by atoms with van der Waals surface area (Å²) in [6.45, 7) is 9.33. The maximum atomic E-state index is 2.45. The molecule has 1 rings (SSSR count). The molecule has 0 heterocycles. The van der Waals surface area contributed by atoms with E-state index in [0.717, 1.165) is 0 Å². The van der Waals surface area contributed by atoms with Crippen LogP contribution in [0.1, 0.15) is 40.5 Å². The van der Waals surface area contributed by atoms with Gasteiger partial charge in [0, 0.05) is 0 Å². The van der Waals surface area contributed by atoms with E-state index in [1.807, 2.05) is 0 Å². The predicted octanol–water partition coefficient (Wildman–Crippen LogP) is 3.04. The summed E-state index contributed by atoms with van der Waals surface area (Å²) in [4.78, 5) is 0. The zero-order chi connectivity index (χ0) is 7.12. The molecule has 0 atom stereocenters. The van der Waals surface area contributed by atoms with E-state index in [9.17, 15) is 0 Å². The minimum Gasteiger partial charge on any atom is -0.0599 e. The maximum Gasteiger partial charge on any atom is -0.0318 e. The van der Waals surface area contributed by atoms with Crippen molar-refractivity contribution in [1.29, 1.82) is 0 Å². The van der Waals surface area contributed by atoms with Gasteiger partial charge < -0.3 is 0 Å². The molecule has 0 aromatic rings. The van der Waals surface area contributed by atoms with Gasteiger partial charge in [0.1, 0.15) is 0 Å². The fourth-order valence-corrected chi connectivity index (χ4v) is 1.93. The van der Waals surface area contributed by atoms with E-state index in [-0.39, 0.29) is 0 Å². The third-order valence-electron chi connectivity index (χ3n) is 2.14. The first-order valence-electron chi connectivity index (χ1n) is 3.76. The Morgan fingerprint density at radius 1 is 1.11 bits per heavy atom. The van der Waals surface area contributed by atoms with Gasteiger partial charge in [0.25, 0.3) is 0 Å². The van der Waals surface area contributed by atoms with Gasteiger partial charge in [-0.2, -0.15) is 0 Å². The average molecular weight is 125 g/mol. The summed E-state index contributed by atoms with van der Waals surface area (Å²) in [5.74, 6) is 0. The molecule has 1 radical (unpaired) electrons. The summed E-state index contributed by atoms with van der Waals surface area (Å²) in [6.07, 6.45) is 5.09. The summed E-state index contributed by atoms with van der Waals surface area (Å²) in [5, 5.41) is 0. The second kappa shape index (κ2) is 1.74. The highest BCUT2D eigenvalue weighted by Crippen LogP contribution is 2.47. The van der Waals surface area contributed by atoms with Gasteiger partial charge in [-0.05, 0) is 30.1 Å². The van der Waals surface area contributed by atoms with Crippen LogP contribution in [0.2, 0.25) is 0 Å². The molecular formula is C9H17. The van der Waals surface area contributed by atoms with Gasteiger partial charge in [-0.15, -0.1) is 0 Å². The molecule has 1 saturated carbocycles. The Morgan fingerprint density at radius 3 is 1.78 bits per heavy atom. The number of rotatable bonds is 0. The highest BCUT2D eigenvalue weighted by atomic mass is 14.4. The molecule has 1 aliphatic rings. The van der Waals surface area contributed by atoms with Crippen molar-refractivity contribution < 1.29 is 0 Å². The fourth-order valence-electron chi connectivity index (χ4n) is 1.93. The molecule has 1 aliphatic carbocycles. The lowest BCUT2D eigenvalue weighted by molar-refractivity contribution is 0.313. The van der Waals surface area contributed by atoms with E-state index in [0.29, 0.717) is 10.8 Å². The molecule has 0 nitrogen and oxygen atoms in total. The summed E-state index contributed by atoms with van der Waals surface area (Å²) < 4.78 is 0. The van der Waals surface area contributed by atoms with Gasteiger partial charge in [0.2, 0.25) is 0 Å². The van der Waals surface area contributed by atoms with Crippen LogP contribution in [0, 0.1) is 17.3 Å². The van der Waals surface area contributed by atoms with Crippen LogP contribution in [0.4, 0.5) is 0 Å². The molecule has 0 bridgehead atoms. The maximum absolute atomic E-state index is 2.45. The Bertz CT molecular complexity index is 95.2. The Morgan fingerprint density at radius 2 is 1.67 bits per heavy atom. The Labute approximate surface area is 58.7 Å². The molecule has 1 fully saturated rings. The molecule has 0 N–H and O–H groups in total. The van der Waals surface area contributed by atoms with Crippen LogP contribution in [0.25, 0.3) is 0 Å². The molecular weight excluding hydrogens is 108 g/mol. The van der Waals surface area contributed by atoms with E-state index in [1.165, 1.54) is 12.8 Å². The first kappa shape index (κ1) is 7.11. The Kier molecular flexibility index (Phi) is 1.38. The molecule has 0 aromatic carbocycles. The first-order valence-corrected chi connectivity index (χ1v) is 3.76. The lowest BCUT2D eigenvalue weighted by atomic mass is 9.85. The van der Waals surface area contributed by atoms with Gasteiger partial charge in [0.05, 0.1) is 0 Å². The molecule has 0 amide bonds. The van der Waals surface area contributed by atoms with Gasteiger partial charge >= 0.3 is 0 Å². The zero-order valence-electron chi connectivity index (χ0n) is 6.99. The molecule has 9 heavy (non-hydrogen) atoms. The van der Waals surface area contributed by atoms with Crippen molar-refractivity contribution in [2.24, 2.45) is 10.8 Å². The molecule has 53 valence electrons. The van der Waals surface area contributed by atoms with Crippen LogP contribution in [0.5, 0.6) is 0 Å². The van der Waals surface area contributed by atoms with Crippen LogP contribution in [-0.2, 0) is 0 Å². The molecule has 0 saturated heterocycles. The monoisotopic (exact) mass is 125 g/mol. The van der Waals surface area contributed by atoms with E-state index in [1.54, 1.807) is 0 Å². The summed E-state index contributed by atoms with van der Waals surface area (Å²) in [5.41, 5.74) is 1.08. The van der Waals surface area contributed by atoms with Crippen LogP contribution in [0.3, 0.4) is 0 Å². The van der Waals surface area contributed by atoms with Gasteiger partial charge in [-0.1, -0.05) is 27.7 Å². The van der Waals surface area contributed by atoms with Crippen molar-refractivity contribution in [2.45, 2.75) is 40.5 Å². The van der Waals surface area contributed by atoms with Crippen molar-refractivity contribution >= 4 is 0 Å². The topological polar surface area (TPSA) is 0 Å². The van der Waals surface area contributed by atoms with Gasteiger partial charge in [-0.25, -0.2) is 0 Å². The van der Waals surface area contributed by atoms with Crippen molar-refractivity contribution in [1.82, 2.24) is 0 Å². The van der Waals surface area contributed by atoms with Crippen LogP contribution in [0.15, 0.2) is 0 Å². The lowest BCUT2D eigenvalue weighted by Crippen LogP contribution is -2.10. The second-order valence-corrected chi connectivity index (χ2v) is 4.74. The molecule has 0 aromatic heterocycles. The standard InChI is InChI=1S/C9H17/c1-8(2)5-6-9(3,4)7-8/h5H,6-7H2,1-4H3. The van der Waals surface area contributed by atoms with E-state index in [2.05, 4.69) is 34.1 Å². The Balaban J connectivity index is 2.58. The first-order chi connectivity index (χ1) is 3.91. The largest absolute Gasteiger partial charge is 0.0599 e. The summed E-state index contributed by atoms with van der Waals surface area (Å²) in [6, 6.07) is 0. The smallest absolute Gasteiger partial charge is 0.0318 e. The highest BCUT2D eigenvalue weighted by molar-refractivity contribution is 4.99. The minimum atomic E-state index is 0.503. The molecule has 0 heteroatoms. The van der Waals surface area contributed by atoms with Crippen molar-refractivity contribution in [3.63, 3.8) is 0 Å². The van der Waals surface area contributed by atoms with Crippen LogP contribution >= 0.6 is 0 Å². The molecule has 0 spiro atoms. The Hall–Kier alpha value is 0. The van der Waals surface area contributed by atoms with Crippen molar-refractivity contribution in [3.8, 4) is 0 Å². The normalized spacial score (nSPS) is 30.7. The molecule has 0 aliphatic heterocycles.